The van der Waals surface area contributed by atoms with Crippen LogP contribution in [0.15, 0.2) is 10.5 Å². The highest BCUT2D eigenvalue weighted by atomic mass is 16.3. The maximum Gasteiger partial charge on any atom is 0.257 e. The number of hydrogen-bond acceptors (Lipinski definition) is 3. The monoisotopic (exact) mass is 262 g/mol. The second-order valence-electron chi connectivity index (χ2n) is 6.01. The van der Waals surface area contributed by atoms with Gasteiger partial charge in [0.05, 0.1) is 5.56 Å². The van der Waals surface area contributed by atoms with Crippen LogP contribution < -0.4 is 5.32 Å². The quantitative estimate of drug-likeness (QED) is 0.889. The van der Waals surface area contributed by atoms with Gasteiger partial charge in [0.25, 0.3) is 5.91 Å². The first kappa shape index (κ1) is 12.7. The average Bonchev–Trinajstić information content (AvgIpc) is 2.89. The summed E-state index contributed by atoms with van der Waals surface area (Å²) < 4.78 is 5.47. The smallest absolute Gasteiger partial charge is 0.257 e. The molecule has 3 heterocycles. The Kier molecular flexibility index (Phi) is 3.13. The van der Waals surface area contributed by atoms with E-state index in [1.807, 2.05) is 31.9 Å². The van der Waals surface area contributed by atoms with Crippen LogP contribution in [0.2, 0.25) is 0 Å². The highest BCUT2D eigenvalue weighted by Crippen LogP contribution is 2.30. The molecule has 1 amide bonds. The van der Waals surface area contributed by atoms with E-state index in [1.54, 1.807) is 0 Å². The van der Waals surface area contributed by atoms with Gasteiger partial charge in [-0.1, -0.05) is 0 Å². The van der Waals surface area contributed by atoms with Gasteiger partial charge in [-0.25, -0.2) is 0 Å². The summed E-state index contributed by atoms with van der Waals surface area (Å²) in [4.78, 5) is 14.5. The van der Waals surface area contributed by atoms with Gasteiger partial charge in [0.15, 0.2) is 0 Å². The number of hydrogen-bond donors (Lipinski definition) is 1. The number of amides is 1. The first-order chi connectivity index (χ1) is 9.04. The van der Waals surface area contributed by atoms with Crippen molar-refractivity contribution >= 4 is 5.91 Å². The lowest BCUT2D eigenvalue weighted by Gasteiger charge is -2.35. The van der Waals surface area contributed by atoms with Crippen LogP contribution in [0.5, 0.6) is 0 Å². The minimum atomic E-state index is 0.0978. The summed E-state index contributed by atoms with van der Waals surface area (Å²) in [6.07, 6.45) is 4.67. The molecule has 1 aromatic heterocycles. The Labute approximate surface area is 114 Å². The molecule has 4 nitrogen and oxygen atoms in total. The third-order valence-corrected chi connectivity index (χ3v) is 4.59. The third kappa shape index (κ3) is 2.29. The van der Waals surface area contributed by atoms with Crippen LogP contribution in [0, 0.1) is 13.8 Å². The second kappa shape index (κ2) is 4.67. The number of nitrogens with zero attached hydrogens (tertiary/aromatic N) is 1. The van der Waals surface area contributed by atoms with Crippen molar-refractivity contribution in [3.8, 4) is 0 Å². The van der Waals surface area contributed by atoms with Gasteiger partial charge >= 0.3 is 0 Å². The Morgan fingerprint density at radius 2 is 1.95 bits per heavy atom. The van der Waals surface area contributed by atoms with E-state index in [2.05, 4.69) is 5.32 Å². The largest absolute Gasteiger partial charge is 0.466 e. The fourth-order valence-corrected chi connectivity index (χ4v) is 3.54. The van der Waals surface area contributed by atoms with Crippen molar-refractivity contribution in [3.05, 3.63) is 23.2 Å². The third-order valence-electron chi connectivity index (χ3n) is 4.59. The Morgan fingerprint density at radius 3 is 2.47 bits per heavy atom. The van der Waals surface area contributed by atoms with Crippen molar-refractivity contribution in [2.45, 2.75) is 57.7 Å². The normalized spacial score (nSPS) is 29.5. The Bertz CT molecular complexity index is 482. The molecule has 2 aliphatic heterocycles. The Balaban J connectivity index is 1.75. The zero-order valence-corrected chi connectivity index (χ0v) is 11.9. The van der Waals surface area contributed by atoms with Crippen LogP contribution in [-0.4, -0.2) is 36.0 Å². The van der Waals surface area contributed by atoms with E-state index in [1.165, 1.54) is 12.8 Å². The predicted molar refractivity (Wildman–Crippen MR) is 73.2 cm³/mol. The molecule has 0 saturated carbocycles. The van der Waals surface area contributed by atoms with Crippen molar-refractivity contribution in [2.75, 3.05) is 7.05 Å². The van der Waals surface area contributed by atoms with Gasteiger partial charge < -0.3 is 14.6 Å². The number of carbonyl (C=O) groups excluding carboxylic acids is 1. The van der Waals surface area contributed by atoms with Gasteiger partial charge in [-0.2, -0.15) is 0 Å². The van der Waals surface area contributed by atoms with Crippen LogP contribution in [0.25, 0.3) is 0 Å². The van der Waals surface area contributed by atoms with Gasteiger partial charge in [-0.3, -0.25) is 4.79 Å². The second-order valence-corrected chi connectivity index (χ2v) is 6.01. The molecule has 0 spiro atoms. The van der Waals surface area contributed by atoms with Gasteiger partial charge in [0.2, 0.25) is 0 Å². The molecule has 2 bridgehead atoms. The van der Waals surface area contributed by atoms with Crippen LogP contribution in [0.3, 0.4) is 0 Å². The zero-order chi connectivity index (χ0) is 13.6. The number of rotatable bonds is 2. The van der Waals surface area contributed by atoms with E-state index >= 15 is 0 Å². The van der Waals surface area contributed by atoms with Crippen LogP contribution in [0.1, 0.15) is 47.6 Å². The molecule has 19 heavy (non-hydrogen) atoms. The van der Waals surface area contributed by atoms with E-state index in [-0.39, 0.29) is 5.91 Å². The van der Waals surface area contributed by atoms with E-state index in [9.17, 15) is 4.79 Å². The first-order valence-corrected chi connectivity index (χ1v) is 7.15. The molecule has 104 valence electrons. The number of nitrogens with one attached hydrogen (secondary N) is 1. The van der Waals surface area contributed by atoms with Crippen molar-refractivity contribution in [3.63, 3.8) is 0 Å². The molecule has 2 fully saturated rings. The van der Waals surface area contributed by atoms with E-state index in [4.69, 9.17) is 4.42 Å². The standard InChI is InChI=1S/C15H22N2O2/c1-9-6-14(10(2)19-9)15(18)17(3)13-7-11-4-5-12(8-13)16-11/h6,11-13,16H,4-5,7-8H2,1-3H3. The molecule has 4 heteroatoms. The highest BCUT2D eigenvalue weighted by molar-refractivity contribution is 5.95. The molecule has 2 unspecified atom stereocenters. The maximum absolute atomic E-state index is 12.6. The van der Waals surface area contributed by atoms with E-state index in [0.29, 0.717) is 23.7 Å². The highest BCUT2D eigenvalue weighted by Gasteiger charge is 2.36. The van der Waals surface area contributed by atoms with Crippen molar-refractivity contribution in [2.24, 2.45) is 0 Å². The maximum atomic E-state index is 12.6. The van der Waals surface area contributed by atoms with Gasteiger partial charge in [0, 0.05) is 25.2 Å². The summed E-state index contributed by atoms with van der Waals surface area (Å²) >= 11 is 0. The molecule has 1 aromatic rings. The molecule has 0 aliphatic carbocycles. The molecule has 0 radical (unpaired) electrons. The Morgan fingerprint density at radius 1 is 1.32 bits per heavy atom. The van der Waals surface area contributed by atoms with Crippen LogP contribution >= 0.6 is 0 Å². The fraction of sp³-hybridized carbons (Fsp3) is 0.667. The first-order valence-electron chi connectivity index (χ1n) is 7.15. The van der Waals surface area contributed by atoms with Crippen molar-refractivity contribution in [1.82, 2.24) is 10.2 Å². The molecule has 1 N–H and O–H groups in total. The topological polar surface area (TPSA) is 45.5 Å². The average molecular weight is 262 g/mol. The molecule has 2 atom stereocenters. The zero-order valence-electron chi connectivity index (χ0n) is 11.9. The molecule has 2 saturated heterocycles. The van der Waals surface area contributed by atoms with E-state index in [0.717, 1.165) is 24.4 Å². The van der Waals surface area contributed by atoms with Crippen molar-refractivity contribution < 1.29 is 9.21 Å². The lowest BCUT2D eigenvalue weighted by Crippen LogP contribution is -2.48. The van der Waals surface area contributed by atoms with Crippen LogP contribution in [-0.2, 0) is 0 Å². The number of aryl methyl sites for hydroxylation is 2. The number of fused-ring (bicyclic) bond motifs is 2. The predicted octanol–water partition coefficient (Wildman–Crippen LogP) is 2.25. The van der Waals surface area contributed by atoms with Crippen molar-refractivity contribution in [1.29, 1.82) is 0 Å². The lowest BCUT2D eigenvalue weighted by atomic mass is 9.98. The van der Waals surface area contributed by atoms with Gasteiger partial charge in [-0.05, 0) is 45.6 Å². The molecular formula is C15H22N2O2. The molecule has 0 aromatic carbocycles. The lowest BCUT2D eigenvalue weighted by molar-refractivity contribution is 0.0680. The summed E-state index contributed by atoms with van der Waals surface area (Å²) in [7, 11) is 1.93. The fourth-order valence-electron chi connectivity index (χ4n) is 3.54. The Hall–Kier alpha value is -1.29. The van der Waals surface area contributed by atoms with Gasteiger partial charge in [0.1, 0.15) is 11.5 Å². The number of furan rings is 1. The summed E-state index contributed by atoms with van der Waals surface area (Å²) in [6, 6.07) is 3.42. The summed E-state index contributed by atoms with van der Waals surface area (Å²) in [6.45, 7) is 3.74. The van der Waals surface area contributed by atoms with E-state index < -0.39 is 0 Å². The molecule has 3 rings (SSSR count). The van der Waals surface area contributed by atoms with Gasteiger partial charge in [-0.15, -0.1) is 0 Å². The number of piperidine rings is 1. The summed E-state index contributed by atoms with van der Waals surface area (Å²) in [5.41, 5.74) is 0.714. The van der Waals surface area contributed by atoms with Crippen LogP contribution in [0.4, 0.5) is 0 Å². The minimum absolute atomic E-state index is 0.0978. The molecular weight excluding hydrogens is 240 g/mol. The SMILES string of the molecule is Cc1cc(C(=O)N(C)C2CC3CCC(C2)N3)c(C)o1. The summed E-state index contributed by atoms with van der Waals surface area (Å²) in [5, 5.41) is 3.61. The number of carbonyl (C=O) groups is 1. The molecule has 2 aliphatic rings. The minimum Gasteiger partial charge on any atom is -0.466 e. The summed E-state index contributed by atoms with van der Waals surface area (Å²) in [5.74, 6) is 1.63.